The van der Waals surface area contributed by atoms with Gasteiger partial charge in [-0.1, -0.05) is 5.16 Å². The fraction of sp³-hybridized carbons (Fsp3) is 0.700. The molecule has 0 bridgehead atoms. The molecule has 1 aliphatic rings. The second-order valence-corrected chi connectivity index (χ2v) is 7.22. The highest BCUT2D eigenvalue weighted by molar-refractivity contribution is 7.90. The monoisotopic (exact) mass is 298 g/mol. The van der Waals surface area contributed by atoms with E-state index >= 15 is 0 Å². The van der Waals surface area contributed by atoms with E-state index in [-0.39, 0.29) is 17.7 Å². The average Bonchev–Trinajstić information content (AvgIpc) is 2.99. The summed E-state index contributed by atoms with van der Waals surface area (Å²) in [6.45, 7) is 3.16. The van der Waals surface area contributed by atoms with Crippen LogP contribution in [0.15, 0.2) is 4.52 Å². The van der Waals surface area contributed by atoms with Crippen LogP contribution in [0.2, 0.25) is 0 Å². The number of tetrazole rings is 1. The van der Waals surface area contributed by atoms with Crippen molar-refractivity contribution in [3.63, 3.8) is 0 Å². The summed E-state index contributed by atoms with van der Waals surface area (Å²) in [5, 5.41) is 13.9. The van der Waals surface area contributed by atoms with Gasteiger partial charge in [0.1, 0.15) is 11.0 Å². The van der Waals surface area contributed by atoms with Crippen LogP contribution >= 0.6 is 0 Å². The van der Waals surface area contributed by atoms with E-state index < -0.39 is 15.1 Å². The fourth-order valence-electron chi connectivity index (χ4n) is 1.85. The highest BCUT2D eigenvalue weighted by Gasteiger charge is 2.33. The molecule has 0 unspecified atom stereocenters. The van der Waals surface area contributed by atoms with Crippen molar-refractivity contribution >= 4 is 9.84 Å². The molecular weight excluding hydrogens is 284 g/mol. The summed E-state index contributed by atoms with van der Waals surface area (Å²) in [5.74, 6) is 0.618. The minimum atomic E-state index is -3.51. The van der Waals surface area contributed by atoms with Crippen molar-refractivity contribution in [3.05, 3.63) is 17.5 Å². The molecule has 9 nitrogen and oxygen atoms in total. The first kappa shape index (κ1) is 13.2. The number of hydrogen-bond acceptors (Lipinski definition) is 8. The smallest absolute Gasteiger partial charge is 0.244 e. The van der Waals surface area contributed by atoms with Gasteiger partial charge in [0.25, 0.3) is 0 Å². The standard InChI is InChI=1S/C10H14N6O3S/c1-6(10-11-7(2)13-19-10)20(17,18)5-9-12-14-15-16(9)8-3-4-8/h6,8H,3-5H2,1-2H3/t6-/m0/s1. The van der Waals surface area contributed by atoms with Crippen molar-refractivity contribution in [1.82, 2.24) is 30.3 Å². The molecule has 0 N–H and O–H groups in total. The molecule has 1 aliphatic carbocycles. The molecule has 10 heteroatoms. The molecule has 2 aromatic heterocycles. The maximum absolute atomic E-state index is 12.4. The molecule has 0 aliphatic heterocycles. The van der Waals surface area contributed by atoms with Crippen molar-refractivity contribution in [2.24, 2.45) is 0 Å². The molecule has 2 aromatic rings. The Morgan fingerprint density at radius 1 is 1.45 bits per heavy atom. The normalized spacial score (nSPS) is 17.3. The van der Waals surface area contributed by atoms with Crippen molar-refractivity contribution in [1.29, 1.82) is 0 Å². The molecule has 1 atom stereocenters. The van der Waals surface area contributed by atoms with Crippen LogP contribution < -0.4 is 0 Å². The highest BCUT2D eigenvalue weighted by Crippen LogP contribution is 2.35. The molecule has 20 heavy (non-hydrogen) atoms. The summed E-state index contributed by atoms with van der Waals surface area (Å²) < 4.78 is 31.2. The van der Waals surface area contributed by atoms with E-state index in [1.807, 2.05) is 0 Å². The summed E-state index contributed by atoms with van der Waals surface area (Å²) in [7, 11) is -3.51. The minimum absolute atomic E-state index is 0.0907. The molecule has 1 saturated carbocycles. The summed E-state index contributed by atoms with van der Waals surface area (Å²) >= 11 is 0. The molecule has 0 spiro atoms. The van der Waals surface area contributed by atoms with Gasteiger partial charge < -0.3 is 4.52 Å². The third-order valence-corrected chi connectivity index (χ3v) is 5.15. The first-order valence-corrected chi connectivity index (χ1v) is 7.97. The largest absolute Gasteiger partial charge is 0.338 e. The zero-order valence-corrected chi connectivity index (χ0v) is 11.9. The summed E-state index contributed by atoms with van der Waals surface area (Å²) in [6, 6.07) is 0.233. The molecule has 2 heterocycles. The lowest BCUT2D eigenvalue weighted by Gasteiger charge is -2.08. The zero-order chi connectivity index (χ0) is 14.3. The Balaban J connectivity index is 1.83. The van der Waals surface area contributed by atoms with Crippen molar-refractivity contribution in [2.45, 2.75) is 43.7 Å². The Hall–Kier alpha value is -1.84. The fourth-order valence-corrected chi connectivity index (χ4v) is 3.05. The predicted octanol–water partition coefficient (Wildman–Crippen LogP) is 0.375. The third-order valence-electron chi connectivity index (χ3n) is 3.21. The maximum atomic E-state index is 12.4. The first-order chi connectivity index (χ1) is 9.47. The van der Waals surface area contributed by atoms with Crippen LogP contribution in [0.5, 0.6) is 0 Å². The van der Waals surface area contributed by atoms with Gasteiger partial charge in [0.05, 0.1) is 6.04 Å². The van der Waals surface area contributed by atoms with Gasteiger partial charge in [-0.05, 0) is 37.1 Å². The zero-order valence-electron chi connectivity index (χ0n) is 11.1. The van der Waals surface area contributed by atoms with Crippen LogP contribution in [0.4, 0.5) is 0 Å². The van der Waals surface area contributed by atoms with Gasteiger partial charge in [-0.2, -0.15) is 4.98 Å². The highest BCUT2D eigenvalue weighted by atomic mass is 32.2. The van der Waals surface area contributed by atoms with Crippen LogP contribution in [0.1, 0.15) is 48.6 Å². The van der Waals surface area contributed by atoms with Gasteiger partial charge in [0, 0.05) is 0 Å². The molecule has 0 aromatic carbocycles. The van der Waals surface area contributed by atoms with E-state index in [0.29, 0.717) is 11.6 Å². The van der Waals surface area contributed by atoms with Gasteiger partial charge in [-0.25, -0.2) is 13.1 Å². The van der Waals surface area contributed by atoms with E-state index in [4.69, 9.17) is 4.52 Å². The Bertz CT molecular complexity index is 717. The van der Waals surface area contributed by atoms with E-state index in [9.17, 15) is 8.42 Å². The predicted molar refractivity (Wildman–Crippen MR) is 66.2 cm³/mol. The Kier molecular flexibility index (Phi) is 3.04. The number of aromatic nitrogens is 6. The van der Waals surface area contributed by atoms with Crippen LogP contribution in [-0.2, 0) is 15.6 Å². The quantitative estimate of drug-likeness (QED) is 0.777. The lowest BCUT2D eigenvalue weighted by molar-refractivity contribution is 0.372. The molecular formula is C10H14N6O3S. The van der Waals surface area contributed by atoms with Crippen LogP contribution in [-0.4, -0.2) is 38.8 Å². The van der Waals surface area contributed by atoms with Crippen LogP contribution in [0.25, 0.3) is 0 Å². The summed E-state index contributed by atoms with van der Waals surface area (Å²) in [4.78, 5) is 3.96. The molecule has 0 amide bonds. The summed E-state index contributed by atoms with van der Waals surface area (Å²) in [5.41, 5.74) is 0. The molecule has 3 rings (SSSR count). The third kappa shape index (κ3) is 2.42. The lowest BCUT2D eigenvalue weighted by atomic mass is 10.5. The van der Waals surface area contributed by atoms with E-state index in [2.05, 4.69) is 25.7 Å². The summed E-state index contributed by atoms with van der Waals surface area (Å²) in [6.07, 6.45) is 1.97. The van der Waals surface area contributed by atoms with Gasteiger partial charge in [-0.15, -0.1) is 5.10 Å². The van der Waals surface area contributed by atoms with Gasteiger partial charge in [0.15, 0.2) is 21.5 Å². The van der Waals surface area contributed by atoms with E-state index in [1.165, 1.54) is 6.92 Å². The lowest BCUT2D eigenvalue weighted by Crippen LogP contribution is -2.16. The van der Waals surface area contributed by atoms with Gasteiger partial charge in [-0.3, -0.25) is 0 Å². The number of nitrogens with zero attached hydrogens (tertiary/aromatic N) is 6. The molecule has 1 fully saturated rings. The SMILES string of the molecule is Cc1noc([C@H](C)S(=O)(=O)Cc2nnnn2C2CC2)n1. The van der Waals surface area contributed by atoms with Gasteiger partial charge in [0.2, 0.25) is 5.89 Å². The number of rotatable bonds is 5. The second-order valence-electron chi connectivity index (χ2n) is 4.90. The number of sulfone groups is 1. The second kappa shape index (κ2) is 4.62. The maximum Gasteiger partial charge on any atom is 0.244 e. The Morgan fingerprint density at radius 3 is 2.80 bits per heavy atom. The first-order valence-electron chi connectivity index (χ1n) is 6.26. The molecule has 0 saturated heterocycles. The van der Waals surface area contributed by atoms with E-state index in [0.717, 1.165) is 12.8 Å². The average molecular weight is 298 g/mol. The van der Waals surface area contributed by atoms with Crippen molar-refractivity contribution in [3.8, 4) is 0 Å². The minimum Gasteiger partial charge on any atom is -0.338 e. The van der Waals surface area contributed by atoms with Crippen LogP contribution in [0.3, 0.4) is 0 Å². The van der Waals surface area contributed by atoms with Crippen molar-refractivity contribution in [2.75, 3.05) is 0 Å². The van der Waals surface area contributed by atoms with Gasteiger partial charge >= 0.3 is 0 Å². The van der Waals surface area contributed by atoms with Crippen molar-refractivity contribution < 1.29 is 12.9 Å². The topological polar surface area (TPSA) is 117 Å². The van der Waals surface area contributed by atoms with E-state index in [1.54, 1.807) is 11.6 Å². The number of aryl methyl sites for hydroxylation is 1. The van der Waals surface area contributed by atoms with Crippen LogP contribution in [0, 0.1) is 6.92 Å². The molecule has 0 radical (unpaired) electrons. The Labute approximate surface area is 115 Å². The molecule has 108 valence electrons. The number of hydrogen-bond donors (Lipinski definition) is 0. The Morgan fingerprint density at radius 2 is 2.20 bits per heavy atom.